The van der Waals surface area contributed by atoms with Gasteiger partial charge in [0.05, 0.1) is 0 Å². The number of hydrogen-bond donors (Lipinski definition) is 1. The standard InChI is InChI=1S/C17H23N/c1-5-17(3,4)16-14-10-8-7-9-13(14)11-12-15(16)18-6-2/h7-12,18H,5-6H2,1-4H3. The van der Waals surface area contributed by atoms with Crippen LogP contribution >= 0.6 is 0 Å². The number of anilines is 1. The average Bonchev–Trinajstić information content (AvgIpc) is 2.38. The Kier molecular flexibility index (Phi) is 3.60. The molecule has 0 unspecified atom stereocenters. The van der Waals surface area contributed by atoms with E-state index in [1.54, 1.807) is 0 Å². The Bertz CT molecular complexity index is 540. The molecular formula is C17H23N. The van der Waals surface area contributed by atoms with Gasteiger partial charge in [0.1, 0.15) is 0 Å². The highest BCUT2D eigenvalue weighted by Gasteiger charge is 2.23. The molecular weight excluding hydrogens is 218 g/mol. The Morgan fingerprint density at radius 2 is 1.72 bits per heavy atom. The topological polar surface area (TPSA) is 12.0 Å². The first kappa shape index (κ1) is 12.9. The Morgan fingerprint density at radius 1 is 1.00 bits per heavy atom. The van der Waals surface area contributed by atoms with Crippen molar-refractivity contribution in [2.45, 2.75) is 39.5 Å². The maximum Gasteiger partial charge on any atom is 0.0384 e. The zero-order valence-electron chi connectivity index (χ0n) is 11.9. The molecule has 2 aromatic carbocycles. The van der Waals surface area contributed by atoms with Gasteiger partial charge in [0.25, 0.3) is 0 Å². The van der Waals surface area contributed by atoms with E-state index in [0.29, 0.717) is 0 Å². The van der Waals surface area contributed by atoms with Crippen LogP contribution in [-0.2, 0) is 5.41 Å². The molecule has 0 bridgehead atoms. The van der Waals surface area contributed by atoms with E-state index in [-0.39, 0.29) is 5.41 Å². The van der Waals surface area contributed by atoms with Crippen molar-refractivity contribution >= 4 is 16.5 Å². The molecule has 0 spiro atoms. The molecule has 1 nitrogen and oxygen atoms in total. The van der Waals surface area contributed by atoms with Gasteiger partial charge in [0.2, 0.25) is 0 Å². The molecule has 0 saturated carbocycles. The minimum Gasteiger partial charge on any atom is -0.385 e. The van der Waals surface area contributed by atoms with Crippen LogP contribution < -0.4 is 5.32 Å². The third-order valence-electron chi connectivity index (χ3n) is 3.86. The summed E-state index contributed by atoms with van der Waals surface area (Å²) in [6.07, 6.45) is 1.14. The highest BCUT2D eigenvalue weighted by atomic mass is 14.9. The molecule has 18 heavy (non-hydrogen) atoms. The molecule has 0 heterocycles. The van der Waals surface area contributed by atoms with Crippen molar-refractivity contribution in [3.8, 4) is 0 Å². The molecule has 0 radical (unpaired) electrons. The monoisotopic (exact) mass is 241 g/mol. The molecule has 0 aromatic heterocycles. The van der Waals surface area contributed by atoms with Gasteiger partial charge in [-0.1, -0.05) is 51.1 Å². The third-order valence-corrected chi connectivity index (χ3v) is 3.86. The van der Waals surface area contributed by atoms with Gasteiger partial charge in [-0.3, -0.25) is 0 Å². The summed E-state index contributed by atoms with van der Waals surface area (Å²) in [5, 5.41) is 6.22. The van der Waals surface area contributed by atoms with Crippen molar-refractivity contribution in [3.05, 3.63) is 42.0 Å². The van der Waals surface area contributed by atoms with E-state index >= 15 is 0 Å². The van der Waals surface area contributed by atoms with Gasteiger partial charge in [-0.2, -0.15) is 0 Å². The van der Waals surface area contributed by atoms with E-state index in [9.17, 15) is 0 Å². The number of nitrogens with one attached hydrogen (secondary N) is 1. The first-order valence-corrected chi connectivity index (χ1v) is 6.86. The Morgan fingerprint density at radius 3 is 2.39 bits per heavy atom. The van der Waals surface area contributed by atoms with Crippen LogP contribution in [0.5, 0.6) is 0 Å². The van der Waals surface area contributed by atoms with Crippen LogP contribution in [0.1, 0.15) is 39.7 Å². The van der Waals surface area contributed by atoms with Crippen LogP contribution in [0.2, 0.25) is 0 Å². The maximum atomic E-state index is 3.51. The van der Waals surface area contributed by atoms with Gasteiger partial charge >= 0.3 is 0 Å². The highest BCUT2D eigenvalue weighted by Crippen LogP contribution is 2.38. The van der Waals surface area contributed by atoms with E-state index < -0.39 is 0 Å². The van der Waals surface area contributed by atoms with Crippen LogP contribution in [0.25, 0.3) is 10.8 Å². The van der Waals surface area contributed by atoms with Crippen LogP contribution in [0.4, 0.5) is 5.69 Å². The minimum absolute atomic E-state index is 0.193. The number of benzene rings is 2. The molecule has 96 valence electrons. The Labute approximate surface area is 110 Å². The quantitative estimate of drug-likeness (QED) is 0.797. The van der Waals surface area contributed by atoms with Crippen LogP contribution in [-0.4, -0.2) is 6.54 Å². The van der Waals surface area contributed by atoms with Gasteiger partial charge in [-0.15, -0.1) is 0 Å². The SMILES string of the molecule is CCNc1ccc2ccccc2c1C(C)(C)CC. The molecule has 0 fully saturated rings. The van der Waals surface area contributed by atoms with Crippen LogP contribution in [0.15, 0.2) is 36.4 Å². The molecule has 0 aliphatic heterocycles. The predicted molar refractivity (Wildman–Crippen MR) is 81.4 cm³/mol. The fourth-order valence-corrected chi connectivity index (χ4v) is 2.52. The fraction of sp³-hybridized carbons (Fsp3) is 0.412. The Balaban J connectivity index is 2.74. The second-order valence-corrected chi connectivity index (χ2v) is 5.48. The normalized spacial score (nSPS) is 11.8. The number of hydrogen-bond acceptors (Lipinski definition) is 1. The zero-order valence-corrected chi connectivity index (χ0v) is 11.9. The van der Waals surface area contributed by atoms with Crippen LogP contribution in [0, 0.1) is 0 Å². The molecule has 0 aliphatic carbocycles. The van der Waals surface area contributed by atoms with E-state index in [1.807, 2.05) is 0 Å². The van der Waals surface area contributed by atoms with E-state index in [2.05, 4.69) is 69.4 Å². The molecule has 1 N–H and O–H groups in total. The minimum atomic E-state index is 0.193. The zero-order chi connectivity index (χ0) is 13.2. The molecule has 0 atom stereocenters. The number of fused-ring (bicyclic) bond motifs is 1. The number of rotatable bonds is 4. The summed E-state index contributed by atoms with van der Waals surface area (Å²) in [5.74, 6) is 0. The van der Waals surface area contributed by atoms with Crippen molar-refractivity contribution in [2.24, 2.45) is 0 Å². The maximum absolute atomic E-state index is 3.51. The van der Waals surface area contributed by atoms with Crippen LogP contribution in [0.3, 0.4) is 0 Å². The van der Waals surface area contributed by atoms with Gasteiger partial charge < -0.3 is 5.32 Å². The third kappa shape index (κ3) is 2.22. The summed E-state index contributed by atoms with van der Waals surface area (Å²) in [4.78, 5) is 0. The van der Waals surface area contributed by atoms with Crippen molar-refractivity contribution in [1.82, 2.24) is 0 Å². The van der Waals surface area contributed by atoms with Gasteiger partial charge in [0, 0.05) is 12.2 Å². The lowest BCUT2D eigenvalue weighted by atomic mass is 9.78. The lowest BCUT2D eigenvalue weighted by molar-refractivity contribution is 0.512. The fourth-order valence-electron chi connectivity index (χ4n) is 2.52. The van der Waals surface area contributed by atoms with E-state index in [0.717, 1.165) is 13.0 Å². The van der Waals surface area contributed by atoms with Gasteiger partial charge in [-0.05, 0) is 41.2 Å². The first-order chi connectivity index (χ1) is 8.60. The lowest BCUT2D eigenvalue weighted by Crippen LogP contribution is -2.18. The van der Waals surface area contributed by atoms with Gasteiger partial charge in [0.15, 0.2) is 0 Å². The second-order valence-electron chi connectivity index (χ2n) is 5.48. The molecule has 0 aliphatic rings. The molecule has 1 heteroatoms. The summed E-state index contributed by atoms with van der Waals surface area (Å²) in [7, 11) is 0. The summed E-state index contributed by atoms with van der Waals surface area (Å²) in [6, 6.07) is 13.1. The highest BCUT2D eigenvalue weighted by molar-refractivity contribution is 5.91. The van der Waals surface area contributed by atoms with Crippen molar-refractivity contribution in [2.75, 3.05) is 11.9 Å². The van der Waals surface area contributed by atoms with E-state index in [1.165, 1.54) is 22.0 Å². The van der Waals surface area contributed by atoms with Crippen molar-refractivity contribution in [3.63, 3.8) is 0 Å². The smallest absolute Gasteiger partial charge is 0.0384 e. The summed E-state index contributed by atoms with van der Waals surface area (Å²) in [5.41, 5.74) is 2.92. The average molecular weight is 241 g/mol. The largest absolute Gasteiger partial charge is 0.385 e. The molecule has 2 aromatic rings. The second kappa shape index (κ2) is 5.01. The summed E-state index contributed by atoms with van der Waals surface area (Å²) < 4.78 is 0. The lowest BCUT2D eigenvalue weighted by Gasteiger charge is -2.28. The predicted octanol–water partition coefficient (Wildman–Crippen LogP) is 4.96. The summed E-state index contributed by atoms with van der Waals surface area (Å²) >= 11 is 0. The first-order valence-electron chi connectivity index (χ1n) is 6.86. The molecule has 0 amide bonds. The van der Waals surface area contributed by atoms with Gasteiger partial charge in [-0.25, -0.2) is 0 Å². The van der Waals surface area contributed by atoms with E-state index in [4.69, 9.17) is 0 Å². The molecule has 0 saturated heterocycles. The Hall–Kier alpha value is -1.50. The summed E-state index contributed by atoms with van der Waals surface area (Å²) in [6.45, 7) is 10.0. The van der Waals surface area contributed by atoms with Crippen molar-refractivity contribution in [1.29, 1.82) is 0 Å². The molecule has 2 rings (SSSR count). The van der Waals surface area contributed by atoms with Crippen molar-refractivity contribution < 1.29 is 0 Å².